The minimum Gasteiger partial charge on any atom is -0.381 e. The van der Waals surface area contributed by atoms with Crippen molar-refractivity contribution in [2.75, 3.05) is 18.4 Å². The molecule has 1 aromatic heterocycles. The summed E-state index contributed by atoms with van der Waals surface area (Å²) in [7, 11) is 0. The molecule has 4 nitrogen and oxygen atoms in total. The smallest absolute Gasteiger partial charge is 0.272 e. The maximum Gasteiger partial charge on any atom is 0.272 e. The molecule has 126 valence electrons. The van der Waals surface area contributed by atoms with Crippen LogP contribution in [0.2, 0.25) is 0 Å². The van der Waals surface area contributed by atoms with Crippen LogP contribution in [0.25, 0.3) is 0 Å². The molecule has 0 saturated carbocycles. The molecule has 2 aromatic rings. The number of benzene rings is 1. The minimum absolute atomic E-state index is 0.0430. The lowest BCUT2D eigenvalue weighted by Gasteiger charge is -2.30. The van der Waals surface area contributed by atoms with Crippen molar-refractivity contribution in [2.24, 2.45) is 5.92 Å². The molecule has 4 heteroatoms. The summed E-state index contributed by atoms with van der Waals surface area (Å²) in [5.74, 6) is 0.755. The van der Waals surface area contributed by atoms with Gasteiger partial charge in [-0.15, -0.1) is 0 Å². The molecule has 2 heterocycles. The van der Waals surface area contributed by atoms with Crippen LogP contribution in [0.3, 0.4) is 0 Å². The molecular weight excluding hydrogens is 298 g/mol. The fourth-order valence-corrected chi connectivity index (χ4v) is 3.04. The Kier molecular flexibility index (Phi) is 5.14. The zero-order chi connectivity index (χ0) is 16.9. The van der Waals surface area contributed by atoms with Crippen molar-refractivity contribution in [2.45, 2.75) is 33.2 Å². The molecule has 1 aromatic carbocycles. The lowest BCUT2D eigenvalue weighted by Crippen LogP contribution is -2.38. The lowest BCUT2D eigenvalue weighted by atomic mass is 9.99. The van der Waals surface area contributed by atoms with Gasteiger partial charge < -0.3 is 10.2 Å². The molecule has 0 spiro atoms. The van der Waals surface area contributed by atoms with Gasteiger partial charge in [0.05, 0.1) is 0 Å². The van der Waals surface area contributed by atoms with Crippen molar-refractivity contribution in [3.8, 4) is 0 Å². The first-order valence-corrected chi connectivity index (χ1v) is 8.67. The van der Waals surface area contributed by atoms with Gasteiger partial charge in [0.2, 0.25) is 0 Å². The van der Waals surface area contributed by atoms with Crippen LogP contribution in [0.4, 0.5) is 5.69 Å². The summed E-state index contributed by atoms with van der Waals surface area (Å²) in [5.41, 5.74) is 3.98. The van der Waals surface area contributed by atoms with E-state index in [-0.39, 0.29) is 5.91 Å². The van der Waals surface area contributed by atoms with Crippen molar-refractivity contribution >= 4 is 11.6 Å². The van der Waals surface area contributed by atoms with E-state index in [0.717, 1.165) is 38.2 Å². The average molecular weight is 323 g/mol. The second-order valence-electron chi connectivity index (χ2n) is 6.68. The van der Waals surface area contributed by atoms with E-state index >= 15 is 0 Å². The van der Waals surface area contributed by atoms with Crippen LogP contribution < -0.4 is 5.32 Å². The van der Waals surface area contributed by atoms with Gasteiger partial charge in [-0.3, -0.25) is 9.78 Å². The number of carbonyl (C=O) groups excluding carboxylic acids is 1. The van der Waals surface area contributed by atoms with Gasteiger partial charge in [-0.25, -0.2) is 0 Å². The summed E-state index contributed by atoms with van der Waals surface area (Å²) >= 11 is 0. The molecule has 1 amide bonds. The summed E-state index contributed by atoms with van der Waals surface area (Å²) in [6.45, 7) is 6.77. The number of nitrogens with zero attached hydrogens (tertiary/aromatic N) is 2. The van der Waals surface area contributed by atoms with Crippen molar-refractivity contribution in [1.29, 1.82) is 0 Å². The van der Waals surface area contributed by atoms with Gasteiger partial charge in [-0.1, -0.05) is 31.2 Å². The van der Waals surface area contributed by atoms with E-state index in [1.165, 1.54) is 11.1 Å². The zero-order valence-electron chi connectivity index (χ0n) is 14.5. The number of hydrogen-bond acceptors (Lipinski definition) is 3. The van der Waals surface area contributed by atoms with Gasteiger partial charge in [0.15, 0.2) is 0 Å². The molecule has 24 heavy (non-hydrogen) atoms. The summed E-state index contributed by atoms with van der Waals surface area (Å²) < 4.78 is 0. The first kappa shape index (κ1) is 16.5. The fourth-order valence-electron chi connectivity index (χ4n) is 3.04. The van der Waals surface area contributed by atoms with E-state index in [4.69, 9.17) is 0 Å². The summed E-state index contributed by atoms with van der Waals surface area (Å²) in [4.78, 5) is 18.8. The van der Waals surface area contributed by atoms with Crippen molar-refractivity contribution < 1.29 is 4.79 Å². The van der Waals surface area contributed by atoms with E-state index in [0.29, 0.717) is 11.6 Å². The molecule has 1 N–H and O–H groups in total. The number of piperidine rings is 1. The highest BCUT2D eigenvalue weighted by Gasteiger charge is 2.22. The first-order valence-electron chi connectivity index (χ1n) is 8.67. The first-order chi connectivity index (χ1) is 11.6. The maximum absolute atomic E-state index is 12.6. The molecule has 0 radical (unpaired) electrons. The van der Waals surface area contributed by atoms with Gasteiger partial charge in [0, 0.05) is 31.5 Å². The quantitative estimate of drug-likeness (QED) is 0.929. The van der Waals surface area contributed by atoms with Gasteiger partial charge in [-0.2, -0.15) is 0 Å². The molecule has 1 saturated heterocycles. The van der Waals surface area contributed by atoms with E-state index < -0.39 is 0 Å². The van der Waals surface area contributed by atoms with Gasteiger partial charge in [0.25, 0.3) is 5.91 Å². The average Bonchev–Trinajstić information content (AvgIpc) is 2.61. The van der Waals surface area contributed by atoms with Gasteiger partial charge >= 0.3 is 0 Å². The van der Waals surface area contributed by atoms with Gasteiger partial charge in [0.1, 0.15) is 5.69 Å². The Morgan fingerprint density at radius 3 is 2.75 bits per heavy atom. The fraction of sp³-hybridized carbons (Fsp3) is 0.400. The molecule has 0 bridgehead atoms. The number of pyridine rings is 1. The summed E-state index contributed by atoms with van der Waals surface area (Å²) in [6, 6.07) is 12.1. The van der Waals surface area contributed by atoms with Crippen LogP contribution in [-0.2, 0) is 6.54 Å². The Hall–Kier alpha value is -2.36. The maximum atomic E-state index is 12.6. The molecule has 1 fully saturated rings. The van der Waals surface area contributed by atoms with Crippen molar-refractivity contribution in [3.05, 3.63) is 59.4 Å². The second-order valence-corrected chi connectivity index (χ2v) is 6.68. The van der Waals surface area contributed by atoms with Crippen LogP contribution in [0, 0.1) is 12.8 Å². The van der Waals surface area contributed by atoms with Crippen LogP contribution in [0.15, 0.2) is 42.6 Å². The zero-order valence-corrected chi connectivity index (χ0v) is 14.5. The van der Waals surface area contributed by atoms with E-state index in [1.54, 1.807) is 6.20 Å². The highest BCUT2D eigenvalue weighted by atomic mass is 16.2. The third kappa shape index (κ3) is 3.94. The van der Waals surface area contributed by atoms with Crippen molar-refractivity contribution in [3.63, 3.8) is 0 Å². The number of amides is 1. The third-order valence-electron chi connectivity index (χ3n) is 4.79. The van der Waals surface area contributed by atoms with Crippen LogP contribution in [-0.4, -0.2) is 28.9 Å². The van der Waals surface area contributed by atoms with Crippen LogP contribution in [0.5, 0.6) is 0 Å². The summed E-state index contributed by atoms with van der Waals surface area (Å²) in [5, 5.41) is 3.40. The van der Waals surface area contributed by atoms with E-state index in [1.807, 2.05) is 29.2 Å². The predicted molar refractivity (Wildman–Crippen MR) is 97.0 cm³/mol. The molecular formula is C20H25N3O. The predicted octanol–water partition coefficient (Wildman–Crippen LogP) is 3.87. The Labute approximate surface area is 143 Å². The standard InChI is InChI=1S/C20H25N3O/c1-15-8-11-23(12-9-15)20(24)19-13-18(7-10-21-19)22-14-17-6-4-3-5-16(17)2/h3-7,10,13,15H,8-9,11-12,14H2,1-2H3,(H,21,22). The third-order valence-corrected chi connectivity index (χ3v) is 4.79. The lowest BCUT2D eigenvalue weighted by molar-refractivity contribution is 0.0691. The monoisotopic (exact) mass is 323 g/mol. The van der Waals surface area contributed by atoms with Crippen LogP contribution >= 0.6 is 0 Å². The number of anilines is 1. The highest BCUT2D eigenvalue weighted by Crippen LogP contribution is 2.19. The number of rotatable bonds is 4. The SMILES string of the molecule is Cc1ccccc1CNc1ccnc(C(=O)N2CCC(C)CC2)c1. The number of likely N-dealkylation sites (tertiary alicyclic amines) is 1. The molecule has 0 unspecified atom stereocenters. The Morgan fingerprint density at radius 2 is 2.00 bits per heavy atom. The highest BCUT2D eigenvalue weighted by molar-refractivity contribution is 5.93. The Morgan fingerprint density at radius 1 is 1.25 bits per heavy atom. The molecule has 3 rings (SSSR count). The van der Waals surface area contributed by atoms with E-state index in [9.17, 15) is 4.79 Å². The normalized spacial score (nSPS) is 15.3. The Bertz CT molecular complexity index is 706. The van der Waals surface area contributed by atoms with E-state index in [2.05, 4.69) is 36.3 Å². The molecule has 0 atom stereocenters. The largest absolute Gasteiger partial charge is 0.381 e. The second kappa shape index (κ2) is 7.47. The number of nitrogens with one attached hydrogen (secondary N) is 1. The van der Waals surface area contributed by atoms with Crippen LogP contribution in [0.1, 0.15) is 41.4 Å². The molecule has 0 aliphatic carbocycles. The Balaban J connectivity index is 1.65. The number of hydrogen-bond donors (Lipinski definition) is 1. The molecule has 1 aliphatic rings. The van der Waals surface area contributed by atoms with Crippen molar-refractivity contribution in [1.82, 2.24) is 9.88 Å². The minimum atomic E-state index is 0.0430. The topological polar surface area (TPSA) is 45.2 Å². The number of aryl methyl sites for hydroxylation is 1. The van der Waals surface area contributed by atoms with Gasteiger partial charge in [-0.05, 0) is 48.9 Å². The summed E-state index contributed by atoms with van der Waals surface area (Å²) in [6.07, 6.45) is 3.87. The number of aromatic nitrogens is 1. The molecule has 1 aliphatic heterocycles. The number of carbonyl (C=O) groups is 1.